The molecule has 2 aromatic rings. The van der Waals surface area contributed by atoms with Crippen LogP contribution in [0.3, 0.4) is 0 Å². The maximum Gasteiger partial charge on any atom is 0.340 e. The summed E-state index contributed by atoms with van der Waals surface area (Å²) in [6.07, 6.45) is 3.42. The highest BCUT2D eigenvalue weighted by Gasteiger charge is 2.19. The second-order valence-electron chi connectivity index (χ2n) is 3.63. The van der Waals surface area contributed by atoms with Crippen LogP contribution in [0.5, 0.6) is 0 Å². The molecule has 0 aliphatic heterocycles. The first-order valence-electron chi connectivity index (χ1n) is 5.23. The number of nitrogens with zero attached hydrogens (tertiary/aromatic N) is 2. The average molecular weight is 218 g/mol. The number of fused-ring (bicyclic) bond motifs is 1. The number of esters is 1. The Morgan fingerprint density at radius 2 is 2.31 bits per heavy atom. The zero-order valence-corrected chi connectivity index (χ0v) is 9.65. The van der Waals surface area contributed by atoms with Gasteiger partial charge in [-0.2, -0.15) is 0 Å². The van der Waals surface area contributed by atoms with Gasteiger partial charge in [-0.1, -0.05) is 0 Å². The van der Waals surface area contributed by atoms with Gasteiger partial charge < -0.3 is 9.30 Å². The summed E-state index contributed by atoms with van der Waals surface area (Å²) in [6, 6.07) is 1.89. The lowest BCUT2D eigenvalue weighted by Crippen LogP contribution is -2.06. The van der Waals surface area contributed by atoms with Crippen molar-refractivity contribution in [1.29, 1.82) is 0 Å². The Hall–Kier alpha value is -1.84. The van der Waals surface area contributed by atoms with Crippen LogP contribution in [0.1, 0.15) is 23.0 Å². The Bertz CT molecular complexity index is 543. The number of hydrogen-bond donors (Lipinski definition) is 0. The Labute approximate surface area is 93.9 Å². The number of rotatable bonds is 2. The summed E-state index contributed by atoms with van der Waals surface area (Å²) < 4.78 is 7.03. The lowest BCUT2D eigenvalue weighted by atomic mass is 10.2. The molecule has 2 heterocycles. The van der Waals surface area contributed by atoms with E-state index in [0.29, 0.717) is 12.2 Å². The molecule has 0 saturated carbocycles. The highest BCUT2D eigenvalue weighted by Crippen LogP contribution is 2.24. The minimum Gasteiger partial charge on any atom is -0.462 e. The molecular formula is C12H14N2O2. The molecule has 0 spiro atoms. The summed E-state index contributed by atoms with van der Waals surface area (Å²) >= 11 is 0. The summed E-state index contributed by atoms with van der Waals surface area (Å²) in [7, 11) is 1.93. The van der Waals surface area contributed by atoms with Crippen LogP contribution >= 0.6 is 0 Å². The predicted octanol–water partition coefficient (Wildman–Crippen LogP) is 2.06. The van der Waals surface area contributed by atoms with E-state index in [1.807, 2.05) is 24.6 Å². The zero-order valence-electron chi connectivity index (χ0n) is 9.65. The van der Waals surface area contributed by atoms with Crippen molar-refractivity contribution in [1.82, 2.24) is 9.55 Å². The molecular weight excluding hydrogens is 204 g/mol. The molecule has 0 amide bonds. The van der Waals surface area contributed by atoms with Gasteiger partial charge in [0.25, 0.3) is 0 Å². The number of carbonyl (C=O) groups is 1. The third kappa shape index (κ3) is 1.46. The second-order valence-corrected chi connectivity index (χ2v) is 3.63. The Balaban J connectivity index is 2.68. The van der Waals surface area contributed by atoms with E-state index >= 15 is 0 Å². The SMILES string of the molecule is CCOC(=O)c1c(C)n(C)c2ccncc12. The summed E-state index contributed by atoms with van der Waals surface area (Å²) in [5.41, 5.74) is 2.52. The van der Waals surface area contributed by atoms with Crippen LogP contribution in [0, 0.1) is 6.92 Å². The molecule has 0 radical (unpaired) electrons. The summed E-state index contributed by atoms with van der Waals surface area (Å²) in [5.74, 6) is -0.279. The number of aromatic nitrogens is 2. The van der Waals surface area contributed by atoms with E-state index in [4.69, 9.17) is 4.74 Å². The lowest BCUT2D eigenvalue weighted by molar-refractivity contribution is 0.0527. The highest BCUT2D eigenvalue weighted by atomic mass is 16.5. The van der Waals surface area contributed by atoms with Crippen molar-refractivity contribution in [3.05, 3.63) is 29.7 Å². The van der Waals surface area contributed by atoms with E-state index < -0.39 is 0 Å². The van der Waals surface area contributed by atoms with E-state index in [2.05, 4.69) is 4.98 Å². The molecule has 0 aromatic carbocycles. The molecule has 2 rings (SSSR count). The van der Waals surface area contributed by atoms with Crippen molar-refractivity contribution in [2.75, 3.05) is 6.61 Å². The summed E-state index contributed by atoms with van der Waals surface area (Å²) in [5, 5.41) is 0.848. The summed E-state index contributed by atoms with van der Waals surface area (Å²) in [4.78, 5) is 15.9. The van der Waals surface area contributed by atoms with Crippen molar-refractivity contribution < 1.29 is 9.53 Å². The highest BCUT2D eigenvalue weighted by molar-refractivity contribution is 6.05. The van der Waals surface area contributed by atoms with Crippen LogP contribution < -0.4 is 0 Å². The number of ether oxygens (including phenoxy) is 1. The predicted molar refractivity (Wildman–Crippen MR) is 61.4 cm³/mol. The van der Waals surface area contributed by atoms with Gasteiger partial charge in [-0.3, -0.25) is 4.98 Å². The fourth-order valence-corrected chi connectivity index (χ4v) is 1.88. The van der Waals surface area contributed by atoms with E-state index in [-0.39, 0.29) is 5.97 Å². The average Bonchev–Trinajstić information content (AvgIpc) is 2.53. The monoisotopic (exact) mass is 218 g/mol. The molecule has 16 heavy (non-hydrogen) atoms. The van der Waals surface area contributed by atoms with Crippen LogP contribution in [-0.2, 0) is 11.8 Å². The third-order valence-corrected chi connectivity index (χ3v) is 2.77. The van der Waals surface area contributed by atoms with Gasteiger partial charge in [-0.25, -0.2) is 4.79 Å². The van der Waals surface area contributed by atoms with E-state index in [0.717, 1.165) is 16.6 Å². The number of aryl methyl sites for hydroxylation is 1. The fourth-order valence-electron chi connectivity index (χ4n) is 1.88. The maximum atomic E-state index is 11.8. The smallest absolute Gasteiger partial charge is 0.340 e. The number of hydrogen-bond acceptors (Lipinski definition) is 3. The molecule has 84 valence electrons. The van der Waals surface area contributed by atoms with Crippen LogP contribution in [0.4, 0.5) is 0 Å². The normalized spacial score (nSPS) is 10.7. The first-order chi connectivity index (χ1) is 7.66. The van der Waals surface area contributed by atoms with Gasteiger partial charge in [-0.05, 0) is 19.9 Å². The van der Waals surface area contributed by atoms with Crippen molar-refractivity contribution in [2.45, 2.75) is 13.8 Å². The molecule has 0 atom stereocenters. The number of pyridine rings is 1. The standard InChI is InChI=1S/C12H14N2O2/c1-4-16-12(15)11-8(2)14(3)10-5-6-13-7-9(10)11/h5-7H,4H2,1-3H3. The molecule has 0 aliphatic carbocycles. The molecule has 0 aliphatic rings. The van der Waals surface area contributed by atoms with Gasteiger partial charge in [0, 0.05) is 30.5 Å². The molecule has 4 heteroatoms. The molecule has 0 fully saturated rings. The largest absolute Gasteiger partial charge is 0.462 e. The van der Waals surface area contributed by atoms with Gasteiger partial charge in [0.2, 0.25) is 0 Å². The van der Waals surface area contributed by atoms with Gasteiger partial charge in [0.15, 0.2) is 0 Å². The van der Waals surface area contributed by atoms with Crippen molar-refractivity contribution >= 4 is 16.9 Å². The molecule has 2 aromatic heterocycles. The summed E-state index contributed by atoms with van der Waals surface area (Å²) in [6.45, 7) is 4.10. The second kappa shape index (κ2) is 3.96. The first-order valence-corrected chi connectivity index (χ1v) is 5.23. The van der Waals surface area contributed by atoms with Crippen LogP contribution in [-0.4, -0.2) is 22.1 Å². The van der Waals surface area contributed by atoms with Crippen LogP contribution in [0.15, 0.2) is 18.5 Å². The van der Waals surface area contributed by atoms with Crippen LogP contribution in [0.2, 0.25) is 0 Å². The van der Waals surface area contributed by atoms with Gasteiger partial charge in [0.05, 0.1) is 17.7 Å². The van der Waals surface area contributed by atoms with E-state index in [9.17, 15) is 4.79 Å². The first kappa shape index (κ1) is 10.7. The van der Waals surface area contributed by atoms with Crippen molar-refractivity contribution in [3.8, 4) is 0 Å². The molecule has 0 bridgehead atoms. The lowest BCUT2D eigenvalue weighted by Gasteiger charge is -2.01. The Morgan fingerprint density at radius 3 is 3.00 bits per heavy atom. The molecule has 0 unspecified atom stereocenters. The van der Waals surface area contributed by atoms with Crippen molar-refractivity contribution in [2.24, 2.45) is 7.05 Å². The molecule has 0 saturated heterocycles. The minimum atomic E-state index is -0.279. The maximum absolute atomic E-state index is 11.8. The molecule has 0 N–H and O–H groups in total. The zero-order chi connectivity index (χ0) is 11.7. The van der Waals surface area contributed by atoms with E-state index in [1.54, 1.807) is 19.3 Å². The topological polar surface area (TPSA) is 44.1 Å². The number of carbonyl (C=O) groups excluding carboxylic acids is 1. The Kier molecular flexibility index (Phi) is 2.64. The Morgan fingerprint density at radius 1 is 1.56 bits per heavy atom. The quantitative estimate of drug-likeness (QED) is 0.725. The fraction of sp³-hybridized carbons (Fsp3) is 0.333. The van der Waals surface area contributed by atoms with Gasteiger partial charge >= 0.3 is 5.97 Å². The van der Waals surface area contributed by atoms with Gasteiger partial charge in [-0.15, -0.1) is 0 Å². The third-order valence-electron chi connectivity index (χ3n) is 2.77. The van der Waals surface area contributed by atoms with Gasteiger partial charge in [0.1, 0.15) is 0 Å². The van der Waals surface area contributed by atoms with E-state index in [1.165, 1.54) is 0 Å². The van der Waals surface area contributed by atoms with Crippen LogP contribution in [0.25, 0.3) is 10.9 Å². The minimum absolute atomic E-state index is 0.279. The molecule has 4 nitrogen and oxygen atoms in total. The van der Waals surface area contributed by atoms with Crippen molar-refractivity contribution in [3.63, 3.8) is 0 Å².